The van der Waals surface area contributed by atoms with Gasteiger partial charge in [-0.05, 0) is 38.5 Å². The van der Waals surface area contributed by atoms with Crippen LogP contribution in [0.15, 0.2) is 52.9 Å². The number of para-hydroxylation sites is 2. The third-order valence-electron chi connectivity index (χ3n) is 5.94. The molecule has 0 spiro atoms. The molecule has 0 aliphatic carbocycles. The van der Waals surface area contributed by atoms with Crippen molar-refractivity contribution in [2.75, 3.05) is 44.2 Å². The first-order valence-corrected chi connectivity index (χ1v) is 10.4. The normalized spacial score (nSPS) is 16.0. The van der Waals surface area contributed by atoms with Crippen molar-refractivity contribution in [1.29, 1.82) is 0 Å². The molecule has 0 unspecified atom stereocenters. The average molecular weight is 415 g/mol. The van der Waals surface area contributed by atoms with Crippen LogP contribution in [0, 0.1) is 13.8 Å². The van der Waals surface area contributed by atoms with Gasteiger partial charge in [0.15, 0.2) is 6.10 Å². The predicted octanol–water partition coefficient (Wildman–Crippen LogP) is 0.536. The van der Waals surface area contributed by atoms with Crippen molar-refractivity contribution in [1.82, 2.24) is 0 Å². The van der Waals surface area contributed by atoms with Gasteiger partial charge in [0.1, 0.15) is 17.9 Å². The van der Waals surface area contributed by atoms with Gasteiger partial charge in [0.2, 0.25) is 0 Å². The largest absolute Gasteiger partial charge is 1.00 e. The number of halogens is 1. The molecule has 5 heteroatoms. The van der Waals surface area contributed by atoms with Crippen molar-refractivity contribution >= 4 is 16.7 Å². The van der Waals surface area contributed by atoms with Crippen LogP contribution < -0.4 is 22.2 Å². The Hall–Kier alpha value is -2.01. The number of hydrogen-bond donors (Lipinski definition) is 1. The molecule has 29 heavy (non-hydrogen) atoms. The second kappa shape index (κ2) is 9.66. The van der Waals surface area contributed by atoms with Crippen LogP contribution in [-0.4, -0.2) is 39.3 Å². The van der Waals surface area contributed by atoms with Gasteiger partial charge < -0.3 is 31.4 Å². The highest BCUT2D eigenvalue weighted by molar-refractivity contribution is 5.82. The molecule has 2 heterocycles. The topological polar surface area (TPSA) is 30.1 Å². The van der Waals surface area contributed by atoms with Gasteiger partial charge >= 0.3 is 0 Å². The van der Waals surface area contributed by atoms with Gasteiger partial charge in [0, 0.05) is 23.2 Å². The molecular formula is C24H31ClN2O2. The van der Waals surface area contributed by atoms with Crippen LogP contribution in [0.2, 0.25) is 0 Å². The standard InChI is InChI=1S/C24H30N2O2.ClH/c1-4-27-23(24-19(3)20-10-6-8-12-22(20)28-24)17-25-13-15-26(16-14-25)21-11-7-5-9-18(21)2;/h5-12,23H,4,13-17H2,1-3H3;1H/t23-;/m1./s1. The van der Waals surface area contributed by atoms with E-state index in [1.165, 1.54) is 22.2 Å². The van der Waals surface area contributed by atoms with E-state index in [9.17, 15) is 0 Å². The van der Waals surface area contributed by atoms with Crippen LogP contribution in [0.5, 0.6) is 0 Å². The number of anilines is 1. The molecule has 0 radical (unpaired) electrons. The molecule has 1 atom stereocenters. The maximum atomic E-state index is 6.21. The van der Waals surface area contributed by atoms with Crippen LogP contribution >= 0.6 is 0 Å². The minimum Gasteiger partial charge on any atom is -1.00 e. The number of hydrogen-bond acceptors (Lipinski definition) is 3. The van der Waals surface area contributed by atoms with E-state index < -0.39 is 0 Å². The third-order valence-corrected chi connectivity index (χ3v) is 5.94. The summed E-state index contributed by atoms with van der Waals surface area (Å²) in [6.07, 6.45) is 0.0115. The Kier molecular flexibility index (Phi) is 7.23. The number of rotatable bonds is 6. The molecular weight excluding hydrogens is 384 g/mol. The van der Waals surface area contributed by atoms with Crippen LogP contribution in [0.25, 0.3) is 11.0 Å². The fourth-order valence-corrected chi connectivity index (χ4v) is 4.38. The molecule has 1 fully saturated rings. The number of fused-ring (bicyclic) bond motifs is 1. The fraction of sp³-hybridized carbons (Fsp3) is 0.417. The van der Waals surface area contributed by atoms with Crippen LogP contribution in [0.4, 0.5) is 5.69 Å². The van der Waals surface area contributed by atoms with E-state index in [0.29, 0.717) is 6.61 Å². The molecule has 0 saturated carbocycles. The maximum absolute atomic E-state index is 6.21. The van der Waals surface area contributed by atoms with Gasteiger partial charge in [-0.2, -0.15) is 0 Å². The molecule has 1 aliphatic rings. The summed E-state index contributed by atoms with van der Waals surface area (Å²) in [5.74, 6) is 0.997. The monoisotopic (exact) mass is 414 g/mol. The van der Waals surface area contributed by atoms with Gasteiger partial charge in [-0.15, -0.1) is 0 Å². The molecule has 156 valence electrons. The summed E-state index contributed by atoms with van der Waals surface area (Å²) in [7, 11) is 0. The summed E-state index contributed by atoms with van der Waals surface area (Å²) in [4.78, 5) is 4.10. The number of quaternary nitrogens is 1. The number of nitrogens with one attached hydrogen (secondary N) is 1. The van der Waals surface area contributed by atoms with E-state index in [-0.39, 0.29) is 18.5 Å². The highest BCUT2D eigenvalue weighted by atomic mass is 35.5. The van der Waals surface area contributed by atoms with Crippen molar-refractivity contribution in [2.45, 2.75) is 26.9 Å². The van der Waals surface area contributed by atoms with E-state index in [1.54, 1.807) is 4.90 Å². The Morgan fingerprint density at radius 2 is 1.72 bits per heavy atom. The molecule has 4 rings (SSSR count). The van der Waals surface area contributed by atoms with Gasteiger partial charge in [0.25, 0.3) is 0 Å². The van der Waals surface area contributed by atoms with E-state index in [0.717, 1.165) is 44.1 Å². The quantitative estimate of drug-likeness (QED) is 0.638. The van der Waals surface area contributed by atoms with E-state index in [4.69, 9.17) is 9.15 Å². The second-order valence-electron chi connectivity index (χ2n) is 7.76. The van der Waals surface area contributed by atoms with Crippen molar-refractivity contribution < 1.29 is 26.5 Å². The zero-order valence-electron chi connectivity index (χ0n) is 17.6. The van der Waals surface area contributed by atoms with Crippen LogP contribution in [-0.2, 0) is 4.74 Å². The fourth-order valence-electron chi connectivity index (χ4n) is 4.38. The van der Waals surface area contributed by atoms with Crippen molar-refractivity contribution in [2.24, 2.45) is 0 Å². The Labute approximate surface area is 179 Å². The molecule has 2 aromatic carbocycles. The number of furan rings is 1. The molecule has 1 aromatic heterocycles. The Morgan fingerprint density at radius 1 is 1.03 bits per heavy atom. The Bertz CT molecular complexity index is 932. The SMILES string of the molecule is CCO[C@H](C[NH+]1CCN(c2ccccc2C)CC1)c1oc2ccccc2c1C.[Cl-]. The van der Waals surface area contributed by atoms with E-state index >= 15 is 0 Å². The summed E-state index contributed by atoms with van der Waals surface area (Å²) < 4.78 is 12.4. The lowest BCUT2D eigenvalue weighted by molar-refractivity contribution is -0.904. The third kappa shape index (κ3) is 4.61. The number of aryl methyl sites for hydroxylation is 2. The summed E-state index contributed by atoms with van der Waals surface area (Å²) in [5.41, 5.74) is 4.90. The second-order valence-corrected chi connectivity index (χ2v) is 7.76. The van der Waals surface area contributed by atoms with Crippen molar-refractivity contribution in [3.8, 4) is 0 Å². The first-order valence-electron chi connectivity index (χ1n) is 10.4. The average Bonchev–Trinajstić information content (AvgIpc) is 3.06. The lowest BCUT2D eigenvalue weighted by Gasteiger charge is -2.35. The Morgan fingerprint density at radius 3 is 2.41 bits per heavy atom. The van der Waals surface area contributed by atoms with Gasteiger partial charge in [-0.3, -0.25) is 0 Å². The van der Waals surface area contributed by atoms with Crippen LogP contribution in [0.3, 0.4) is 0 Å². The lowest BCUT2D eigenvalue weighted by atomic mass is 10.1. The zero-order valence-corrected chi connectivity index (χ0v) is 18.3. The molecule has 3 aromatic rings. The molecule has 1 saturated heterocycles. The zero-order chi connectivity index (χ0) is 19.5. The summed E-state index contributed by atoms with van der Waals surface area (Å²) in [6, 6.07) is 17.0. The van der Waals surface area contributed by atoms with E-state index in [1.807, 2.05) is 12.1 Å². The maximum Gasteiger partial charge on any atom is 0.164 e. The van der Waals surface area contributed by atoms with E-state index in [2.05, 4.69) is 62.1 Å². The number of ether oxygens (including phenoxy) is 1. The number of piperazine rings is 1. The number of nitrogens with zero attached hydrogens (tertiary/aromatic N) is 1. The van der Waals surface area contributed by atoms with Crippen molar-refractivity contribution in [3.63, 3.8) is 0 Å². The molecule has 0 bridgehead atoms. The minimum atomic E-state index is 0. The highest BCUT2D eigenvalue weighted by Gasteiger charge is 2.28. The molecule has 0 amide bonds. The summed E-state index contributed by atoms with van der Waals surface area (Å²) in [6.45, 7) is 12.5. The van der Waals surface area contributed by atoms with Crippen LogP contribution in [0.1, 0.15) is 29.9 Å². The molecule has 4 nitrogen and oxygen atoms in total. The smallest absolute Gasteiger partial charge is 0.164 e. The first-order chi connectivity index (χ1) is 13.7. The summed E-state index contributed by atoms with van der Waals surface area (Å²) in [5, 5.41) is 1.20. The number of benzene rings is 2. The Balaban J connectivity index is 0.00000240. The summed E-state index contributed by atoms with van der Waals surface area (Å²) >= 11 is 0. The first kappa shape index (κ1) is 21.7. The minimum absolute atomic E-state index is 0. The lowest BCUT2D eigenvalue weighted by Crippen LogP contribution is -3.15. The van der Waals surface area contributed by atoms with Gasteiger partial charge in [-0.25, -0.2) is 0 Å². The molecule has 1 aliphatic heterocycles. The van der Waals surface area contributed by atoms with Gasteiger partial charge in [0.05, 0.1) is 26.2 Å². The molecule has 1 N–H and O–H groups in total. The predicted molar refractivity (Wildman–Crippen MR) is 114 cm³/mol. The highest BCUT2D eigenvalue weighted by Crippen LogP contribution is 2.30. The van der Waals surface area contributed by atoms with Gasteiger partial charge in [-0.1, -0.05) is 36.4 Å². The van der Waals surface area contributed by atoms with Crippen molar-refractivity contribution in [3.05, 3.63) is 65.4 Å².